The molecule has 7 heteroatoms. The number of amides is 1. The molecule has 0 saturated heterocycles. The standard InChI is InChI=1S/C9H11I2N3O2/c1-9(2,3)16-8(15)14-5-6(10)12-4-13-7(5)11/h4H,1-3H3,(H,14,15). The zero-order valence-corrected chi connectivity index (χ0v) is 13.4. The molecular weight excluding hydrogens is 436 g/mol. The summed E-state index contributed by atoms with van der Waals surface area (Å²) in [6, 6.07) is 0. The molecule has 0 spiro atoms. The Hall–Kier alpha value is -0.190. The van der Waals surface area contributed by atoms with Gasteiger partial charge in [0.15, 0.2) is 0 Å². The van der Waals surface area contributed by atoms with E-state index in [-0.39, 0.29) is 0 Å². The number of carbonyl (C=O) groups excluding carboxylic acids is 1. The van der Waals surface area contributed by atoms with Gasteiger partial charge < -0.3 is 4.74 Å². The molecule has 1 amide bonds. The van der Waals surface area contributed by atoms with Crippen LogP contribution in [0, 0.1) is 7.40 Å². The minimum atomic E-state index is -0.517. The molecule has 1 N–H and O–H groups in total. The fraction of sp³-hybridized carbons (Fsp3) is 0.444. The van der Waals surface area contributed by atoms with E-state index < -0.39 is 11.7 Å². The average Bonchev–Trinajstić information content (AvgIpc) is 2.08. The molecule has 1 aromatic rings. The van der Waals surface area contributed by atoms with Gasteiger partial charge in [-0.15, -0.1) is 0 Å². The summed E-state index contributed by atoms with van der Waals surface area (Å²) in [5.41, 5.74) is 0.0642. The van der Waals surface area contributed by atoms with Crippen molar-refractivity contribution in [1.82, 2.24) is 9.97 Å². The van der Waals surface area contributed by atoms with E-state index in [1.54, 1.807) is 0 Å². The van der Waals surface area contributed by atoms with Crippen LogP contribution in [-0.2, 0) is 4.74 Å². The van der Waals surface area contributed by atoms with Crippen LogP contribution in [-0.4, -0.2) is 21.7 Å². The van der Waals surface area contributed by atoms with Gasteiger partial charge in [-0.2, -0.15) is 0 Å². The molecule has 0 radical (unpaired) electrons. The SMILES string of the molecule is CC(C)(C)OC(=O)Nc1c(I)ncnc1I. The molecular formula is C9H11I2N3O2. The Morgan fingerprint density at radius 1 is 1.31 bits per heavy atom. The van der Waals surface area contributed by atoms with Crippen molar-refractivity contribution in [2.75, 3.05) is 5.32 Å². The topological polar surface area (TPSA) is 64.1 Å². The molecule has 1 aromatic heterocycles. The van der Waals surface area contributed by atoms with Gasteiger partial charge in [-0.3, -0.25) is 5.32 Å². The molecule has 0 fully saturated rings. The van der Waals surface area contributed by atoms with Crippen LogP contribution in [0.2, 0.25) is 0 Å². The number of rotatable bonds is 1. The summed E-state index contributed by atoms with van der Waals surface area (Å²) in [5, 5.41) is 2.63. The second kappa shape index (κ2) is 5.43. The van der Waals surface area contributed by atoms with Crippen LogP contribution in [0.3, 0.4) is 0 Å². The molecule has 0 aromatic carbocycles. The summed E-state index contributed by atoms with van der Waals surface area (Å²) in [6.07, 6.45) is 0.947. The lowest BCUT2D eigenvalue weighted by atomic mass is 10.2. The lowest BCUT2D eigenvalue weighted by molar-refractivity contribution is 0.0635. The maximum Gasteiger partial charge on any atom is 0.412 e. The van der Waals surface area contributed by atoms with Crippen molar-refractivity contribution in [3.63, 3.8) is 0 Å². The Balaban J connectivity index is 2.78. The molecule has 0 aliphatic rings. The van der Waals surface area contributed by atoms with E-state index in [9.17, 15) is 4.79 Å². The van der Waals surface area contributed by atoms with Crippen LogP contribution < -0.4 is 5.32 Å². The Labute approximate surface area is 121 Å². The van der Waals surface area contributed by atoms with Crippen molar-refractivity contribution in [3.05, 3.63) is 13.7 Å². The summed E-state index contributed by atoms with van der Waals surface area (Å²) in [6.45, 7) is 5.43. The average molecular weight is 447 g/mol. The molecule has 1 rings (SSSR count). The second-order valence-electron chi connectivity index (χ2n) is 3.96. The third-order valence-electron chi connectivity index (χ3n) is 1.38. The Kier molecular flexibility index (Phi) is 4.71. The molecule has 0 aliphatic heterocycles. The summed E-state index contributed by atoms with van der Waals surface area (Å²) in [4.78, 5) is 19.5. The summed E-state index contributed by atoms with van der Waals surface area (Å²) in [5.74, 6) is 0. The number of halogens is 2. The predicted molar refractivity (Wildman–Crippen MR) is 77.3 cm³/mol. The lowest BCUT2D eigenvalue weighted by Gasteiger charge is -2.20. The summed E-state index contributed by atoms with van der Waals surface area (Å²) in [7, 11) is 0. The highest BCUT2D eigenvalue weighted by molar-refractivity contribution is 14.1. The van der Waals surface area contributed by atoms with E-state index in [0.717, 1.165) is 0 Å². The first-order chi connectivity index (χ1) is 7.29. The van der Waals surface area contributed by atoms with Crippen molar-refractivity contribution in [2.24, 2.45) is 0 Å². The zero-order valence-electron chi connectivity index (χ0n) is 9.04. The largest absolute Gasteiger partial charge is 0.444 e. The van der Waals surface area contributed by atoms with E-state index in [1.807, 2.05) is 66.0 Å². The molecule has 0 unspecified atom stereocenters. The minimum Gasteiger partial charge on any atom is -0.444 e. The van der Waals surface area contributed by atoms with Gasteiger partial charge >= 0.3 is 6.09 Å². The van der Waals surface area contributed by atoms with Crippen molar-refractivity contribution in [1.29, 1.82) is 0 Å². The second-order valence-corrected chi connectivity index (χ2v) is 6.00. The van der Waals surface area contributed by atoms with Crippen molar-refractivity contribution in [2.45, 2.75) is 26.4 Å². The molecule has 5 nitrogen and oxygen atoms in total. The van der Waals surface area contributed by atoms with E-state index >= 15 is 0 Å². The van der Waals surface area contributed by atoms with Gasteiger partial charge in [0.1, 0.15) is 25.0 Å². The van der Waals surface area contributed by atoms with E-state index in [4.69, 9.17) is 4.74 Å². The van der Waals surface area contributed by atoms with Crippen LogP contribution in [0.5, 0.6) is 0 Å². The first kappa shape index (κ1) is 13.9. The highest BCUT2D eigenvalue weighted by Crippen LogP contribution is 2.21. The zero-order chi connectivity index (χ0) is 12.3. The van der Waals surface area contributed by atoms with Gasteiger partial charge in [-0.05, 0) is 66.0 Å². The smallest absolute Gasteiger partial charge is 0.412 e. The number of carbonyl (C=O) groups is 1. The van der Waals surface area contributed by atoms with Crippen LogP contribution in [0.25, 0.3) is 0 Å². The molecule has 16 heavy (non-hydrogen) atoms. The normalized spacial score (nSPS) is 11.1. The van der Waals surface area contributed by atoms with E-state index in [2.05, 4.69) is 15.3 Å². The number of hydrogen-bond acceptors (Lipinski definition) is 4. The maximum absolute atomic E-state index is 11.5. The Morgan fingerprint density at radius 3 is 2.25 bits per heavy atom. The van der Waals surface area contributed by atoms with E-state index in [1.165, 1.54) is 6.33 Å². The number of nitrogens with zero attached hydrogens (tertiary/aromatic N) is 2. The fourth-order valence-corrected chi connectivity index (χ4v) is 2.40. The summed E-state index contributed by atoms with van der Waals surface area (Å²) < 4.78 is 6.51. The lowest BCUT2D eigenvalue weighted by Crippen LogP contribution is -2.28. The van der Waals surface area contributed by atoms with Crippen molar-refractivity contribution >= 4 is 57.0 Å². The highest BCUT2D eigenvalue weighted by Gasteiger charge is 2.18. The van der Waals surface area contributed by atoms with Crippen molar-refractivity contribution < 1.29 is 9.53 Å². The molecule has 0 aliphatic carbocycles. The van der Waals surface area contributed by atoms with Crippen LogP contribution in [0.15, 0.2) is 6.33 Å². The molecule has 0 saturated carbocycles. The third kappa shape index (κ3) is 4.36. The molecule has 0 bridgehead atoms. The monoisotopic (exact) mass is 447 g/mol. The number of aromatic nitrogens is 2. The van der Waals surface area contributed by atoms with Crippen LogP contribution in [0.1, 0.15) is 20.8 Å². The molecule has 88 valence electrons. The first-order valence-corrected chi connectivity index (χ1v) is 6.61. The van der Waals surface area contributed by atoms with Gasteiger partial charge in [0.25, 0.3) is 0 Å². The van der Waals surface area contributed by atoms with Gasteiger partial charge in [-0.1, -0.05) is 0 Å². The van der Waals surface area contributed by atoms with Gasteiger partial charge in [-0.25, -0.2) is 14.8 Å². The van der Waals surface area contributed by atoms with Gasteiger partial charge in [0.2, 0.25) is 0 Å². The summed E-state index contributed by atoms with van der Waals surface area (Å²) >= 11 is 4.06. The maximum atomic E-state index is 11.5. The number of nitrogens with one attached hydrogen (secondary N) is 1. The number of ether oxygens (including phenoxy) is 1. The minimum absolute atomic E-state index is 0.502. The quantitative estimate of drug-likeness (QED) is 0.532. The van der Waals surface area contributed by atoms with E-state index in [0.29, 0.717) is 13.1 Å². The fourth-order valence-electron chi connectivity index (χ4n) is 0.853. The first-order valence-electron chi connectivity index (χ1n) is 4.45. The van der Waals surface area contributed by atoms with Crippen LogP contribution in [0.4, 0.5) is 10.5 Å². The van der Waals surface area contributed by atoms with Gasteiger partial charge in [0.05, 0.1) is 0 Å². The number of hydrogen-bond donors (Lipinski definition) is 1. The Morgan fingerprint density at radius 2 is 1.81 bits per heavy atom. The molecule has 0 atom stereocenters. The number of anilines is 1. The molecule has 1 heterocycles. The Bertz CT molecular complexity index is 384. The predicted octanol–water partition coefficient (Wildman–Crippen LogP) is 3.03. The van der Waals surface area contributed by atoms with Crippen LogP contribution >= 0.6 is 45.2 Å². The van der Waals surface area contributed by atoms with Crippen molar-refractivity contribution in [3.8, 4) is 0 Å². The highest BCUT2D eigenvalue weighted by atomic mass is 127. The third-order valence-corrected chi connectivity index (χ3v) is 3.02. The van der Waals surface area contributed by atoms with Gasteiger partial charge in [0, 0.05) is 0 Å².